The van der Waals surface area contributed by atoms with E-state index >= 15 is 0 Å². The first-order chi connectivity index (χ1) is 8.25. The molecule has 5 nitrogen and oxygen atoms in total. The maximum atomic E-state index is 5.92. The quantitative estimate of drug-likeness (QED) is 0.658. The second-order valence-electron chi connectivity index (χ2n) is 3.75. The number of pyridine rings is 2. The zero-order chi connectivity index (χ0) is 11.8. The summed E-state index contributed by atoms with van der Waals surface area (Å²) in [6.07, 6.45) is 3.52. The van der Waals surface area contributed by atoms with E-state index in [1.807, 2.05) is 28.7 Å². The second-order valence-corrected chi connectivity index (χ2v) is 3.75. The van der Waals surface area contributed by atoms with Gasteiger partial charge in [-0.1, -0.05) is 6.07 Å². The molecule has 3 aromatic rings. The van der Waals surface area contributed by atoms with Gasteiger partial charge < -0.3 is 11.5 Å². The fourth-order valence-electron chi connectivity index (χ4n) is 1.84. The summed E-state index contributed by atoms with van der Waals surface area (Å²) in [6.45, 7) is 0. The third-order valence-corrected chi connectivity index (χ3v) is 2.58. The van der Waals surface area contributed by atoms with Crippen LogP contribution in [0.15, 0.2) is 42.7 Å². The summed E-state index contributed by atoms with van der Waals surface area (Å²) >= 11 is 0. The monoisotopic (exact) mass is 225 g/mol. The SMILES string of the molecule is Nc1ccc2nc(N)c(-c3ccccn3)n2c1. The Morgan fingerprint density at radius 3 is 2.71 bits per heavy atom. The fourth-order valence-corrected chi connectivity index (χ4v) is 1.84. The zero-order valence-electron chi connectivity index (χ0n) is 9.04. The number of imidazole rings is 1. The molecule has 3 heterocycles. The van der Waals surface area contributed by atoms with Crippen molar-refractivity contribution in [1.82, 2.24) is 14.4 Å². The van der Waals surface area contributed by atoms with Gasteiger partial charge in [-0.25, -0.2) is 4.98 Å². The van der Waals surface area contributed by atoms with Crippen LogP contribution in [0.3, 0.4) is 0 Å². The normalized spacial score (nSPS) is 10.8. The van der Waals surface area contributed by atoms with E-state index in [0.29, 0.717) is 11.5 Å². The fraction of sp³-hybridized carbons (Fsp3) is 0. The Balaban J connectivity index is 2.35. The minimum atomic E-state index is 0.453. The van der Waals surface area contributed by atoms with Gasteiger partial charge in [-0.15, -0.1) is 0 Å². The highest BCUT2D eigenvalue weighted by atomic mass is 15.1. The van der Waals surface area contributed by atoms with Crippen LogP contribution in [-0.2, 0) is 0 Å². The molecule has 0 atom stereocenters. The maximum absolute atomic E-state index is 5.92. The summed E-state index contributed by atoms with van der Waals surface area (Å²) in [5, 5.41) is 0. The van der Waals surface area contributed by atoms with Gasteiger partial charge in [-0.05, 0) is 24.3 Å². The summed E-state index contributed by atoms with van der Waals surface area (Å²) in [7, 11) is 0. The predicted molar refractivity (Wildman–Crippen MR) is 67.2 cm³/mol. The number of rotatable bonds is 1. The highest BCUT2D eigenvalue weighted by molar-refractivity contribution is 5.73. The van der Waals surface area contributed by atoms with Crippen LogP contribution in [-0.4, -0.2) is 14.4 Å². The summed E-state index contributed by atoms with van der Waals surface area (Å²) in [5.41, 5.74) is 14.7. The Labute approximate surface area is 97.7 Å². The van der Waals surface area contributed by atoms with E-state index in [0.717, 1.165) is 17.0 Å². The smallest absolute Gasteiger partial charge is 0.152 e. The van der Waals surface area contributed by atoms with Gasteiger partial charge in [0, 0.05) is 18.1 Å². The lowest BCUT2D eigenvalue weighted by Crippen LogP contribution is -1.95. The van der Waals surface area contributed by atoms with Crippen LogP contribution in [0.1, 0.15) is 0 Å². The molecule has 5 heteroatoms. The number of nitrogen functional groups attached to an aromatic ring is 2. The van der Waals surface area contributed by atoms with Crippen molar-refractivity contribution in [2.24, 2.45) is 0 Å². The molecule has 17 heavy (non-hydrogen) atoms. The molecule has 0 aromatic carbocycles. The van der Waals surface area contributed by atoms with Crippen LogP contribution in [0.5, 0.6) is 0 Å². The lowest BCUT2D eigenvalue weighted by molar-refractivity contribution is 1.17. The molecule has 0 aliphatic heterocycles. The number of hydrogen-bond donors (Lipinski definition) is 2. The molecule has 0 unspecified atom stereocenters. The number of fused-ring (bicyclic) bond motifs is 1. The van der Waals surface area contributed by atoms with Crippen molar-refractivity contribution in [3.05, 3.63) is 42.7 Å². The summed E-state index contributed by atoms with van der Waals surface area (Å²) < 4.78 is 1.85. The minimum Gasteiger partial charge on any atom is -0.398 e. The number of anilines is 2. The standard InChI is InChI=1S/C12H11N5/c13-8-4-5-10-16-12(14)11(17(10)7-8)9-3-1-2-6-15-9/h1-7H,13-14H2. The first kappa shape index (κ1) is 9.65. The van der Waals surface area contributed by atoms with E-state index in [1.54, 1.807) is 18.5 Å². The number of hydrogen-bond acceptors (Lipinski definition) is 4. The Morgan fingerprint density at radius 2 is 1.94 bits per heavy atom. The lowest BCUT2D eigenvalue weighted by atomic mass is 10.2. The highest BCUT2D eigenvalue weighted by Gasteiger charge is 2.12. The van der Waals surface area contributed by atoms with E-state index in [4.69, 9.17) is 11.5 Å². The van der Waals surface area contributed by atoms with E-state index < -0.39 is 0 Å². The average molecular weight is 225 g/mol. The van der Waals surface area contributed by atoms with Crippen LogP contribution in [0.4, 0.5) is 11.5 Å². The van der Waals surface area contributed by atoms with Crippen LogP contribution < -0.4 is 11.5 Å². The second kappa shape index (κ2) is 3.48. The molecule has 84 valence electrons. The Kier molecular flexibility index (Phi) is 1.98. The predicted octanol–water partition coefficient (Wildman–Crippen LogP) is 1.56. The van der Waals surface area contributed by atoms with E-state index in [9.17, 15) is 0 Å². The molecule has 0 aliphatic carbocycles. The van der Waals surface area contributed by atoms with E-state index in [1.165, 1.54) is 0 Å². The van der Waals surface area contributed by atoms with E-state index in [-0.39, 0.29) is 0 Å². The molecule has 0 spiro atoms. The van der Waals surface area contributed by atoms with Crippen molar-refractivity contribution in [2.75, 3.05) is 11.5 Å². The van der Waals surface area contributed by atoms with Gasteiger partial charge in [0.1, 0.15) is 11.3 Å². The van der Waals surface area contributed by atoms with Crippen LogP contribution in [0.2, 0.25) is 0 Å². The van der Waals surface area contributed by atoms with Crippen molar-refractivity contribution >= 4 is 17.2 Å². The number of nitrogens with zero attached hydrogens (tertiary/aromatic N) is 3. The maximum Gasteiger partial charge on any atom is 0.152 e. The molecule has 0 radical (unpaired) electrons. The Hall–Kier alpha value is -2.56. The Morgan fingerprint density at radius 1 is 1.06 bits per heavy atom. The molecule has 0 saturated heterocycles. The highest BCUT2D eigenvalue weighted by Crippen LogP contribution is 2.25. The molecule has 0 bridgehead atoms. The zero-order valence-corrected chi connectivity index (χ0v) is 9.04. The molecule has 3 rings (SSSR count). The third kappa shape index (κ3) is 1.48. The molecule has 0 amide bonds. The Bertz CT molecular complexity index is 672. The van der Waals surface area contributed by atoms with E-state index in [2.05, 4.69) is 9.97 Å². The summed E-state index contributed by atoms with van der Waals surface area (Å²) in [5.74, 6) is 0.453. The van der Waals surface area contributed by atoms with Gasteiger partial charge in [0.05, 0.1) is 5.69 Å². The number of aromatic nitrogens is 3. The molecule has 0 aliphatic rings. The topological polar surface area (TPSA) is 82.2 Å². The molecule has 3 aromatic heterocycles. The van der Waals surface area contributed by atoms with Gasteiger partial charge in [0.2, 0.25) is 0 Å². The van der Waals surface area contributed by atoms with Crippen molar-refractivity contribution in [3.63, 3.8) is 0 Å². The molecule has 0 saturated carbocycles. The van der Waals surface area contributed by atoms with Crippen LogP contribution >= 0.6 is 0 Å². The molecular weight excluding hydrogens is 214 g/mol. The lowest BCUT2D eigenvalue weighted by Gasteiger charge is -2.02. The third-order valence-electron chi connectivity index (χ3n) is 2.58. The van der Waals surface area contributed by atoms with Crippen LogP contribution in [0.25, 0.3) is 17.0 Å². The van der Waals surface area contributed by atoms with Crippen molar-refractivity contribution in [1.29, 1.82) is 0 Å². The molecule has 0 fully saturated rings. The summed E-state index contributed by atoms with van der Waals surface area (Å²) in [4.78, 5) is 8.56. The largest absolute Gasteiger partial charge is 0.398 e. The van der Waals surface area contributed by atoms with Gasteiger partial charge in [-0.3, -0.25) is 9.38 Å². The number of nitrogens with two attached hydrogens (primary N) is 2. The van der Waals surface area contributed by atoms with Crippen LogP contribution in [0, 0.1) is 0 Å². The molecule has 4 N–H and O–H groups in total. The first-order valence-corrected chi connectivity index (χ1v) is 5.20. The van der Waals surface area contributed by atoms with Crippen molar-refractivity contribution < 1.29 is 0 Å². The van der Waals surface area contributed by atoms with Gasteiger partial charge in [-0.2, -0.15) is 0 Å². The minimum absolute atomic E-state index is 0.453. The van der Waals surface area contributed by atoms with Gasteiger partial charge >= 0.3 is 0 Å². The van der Waals surface area contributed by atoms with Crippen molar-refractivity contribution in [3.8, 4) is 11.4 Å². The molecular formula is C12H11N5. The average Bonchev–Trinajstić information content (AvgIpc) is 2.65. The van der Waals surface area contributed by atoms with Crippen molar-refractivity contribution in [2.45, 2.75) is 0 Å². The van der Waals surface area contributed by atoms with Gasteiger partial charge in [0.15, 0.2) is 5.82 Å². The van der Waals surface area contributed by atoms with Gasteiger partial charge in [0.25, 0.3) is 0 Å². The summed E-state index contributed by atoms with van der Waals surface area (Å²) in [6, 6.07) is 9.29. The first-order valence-electron chi connectivity index (χ1n) is 5.20.